The van der Waals surface area contributed by atoms with Crippen molar-refractivity contribution in [2.24, 2.45) is 0 Å². The number of para-hydroxylation sites is 1. The van der Waals surface area contributed by atoms with Crippen molar-refractivity contribution in [3.63, 3.8) is 0 Å². The molecule has 0 saturated heterocycles. The number of carbonyl (C=O) groups excluding carboxylic acids is 1. The van der Waals surface area contributed by atoms with E-state index in [1.54, 1.807) is 4.68 Å². The van der Waals surface area contributed by atoms with E-state index >= 15 is 0 Å². The summed E-state index contributed by atoms with van der Waals surface area (Å²) < 4.78 is 7.51. The summed E-state index contributed by atoms with van der Waals surface area (Å²) in [5, 5.41) is 18.7. The second-order valence-electron chi connectivity index (χ2n) is 7.78. The first-order valence-electron chi connectivity index (χ1n) is 10.7. The number of ether oxygens (including phenoxy) is 1. The minimum atomic E-state index is -0.507. The topological polar surface area (TPSA) is 94.0 Å². The van der Waals surface area contributed by atoms with E-state index in [1.807, 2.05) is 85.8 Å². The fourth-order valence-electron chi connectivity index (χ4n) is 3.86. The Balaban J connectivity index is 1.42. The number of aromatic nitrogens is 4. The molecule has 1 aliphatic rings. The first-order chi connectivity index (χ1) is 16.6. The van der Waals surface area contributed by atoms with Crippen molar-refractivity contribution in [1.82, 2.24) is 20.2 Å². The van der Waals surface area contributed by atoms with Gasteiger partial charge >= 0.3 is 0 Å². The van der Waals surface area contributed by atoms with Crippen LogP contribution in [-0.4, -0.2) is 26.1 Å². The Hall–Kier alpha value is -4.17. The van der Waals surface area contributed by atoms with E-state index in [0.717, 1.165) is 11.1 Å². The standard InChI is InChI=1S/C25H21ClN6O2/c1-16-22(24(33)28-19-8-3-2-4-9-19)23(32-25(27-16)29-30-31-32)17-11-13-20(14-12-17)34-15-18-7-5-6-10-21(18)26/h2-14,23H,15H2,1H3,(H,28,33)(H,27,29,31)/t23-/m0/s1. The number of halogens is 1. The van der Waals surface area contributed by atoms with Crippen LogP contribution in [0, 0.1) is 0 Å². The highest BCUT2D eigenvalue weighted by atomic mass is 35.5. The van der Waals surface area contributed by atoms with Crippen molar-refractivity contribution in [1.29, 1.82) is 0 Å². The molecule has 1 aliphatic heterocycles. The summed E-state index contributed by atoms with van der Waals surface area (Å²) in [6.45, 7) is 2.19. The lowest BCUT2D eigenvalue weighted by Gasteiger charge is -2.28. The van der Waals surface area contributed by atoms with Crippen LogP contribution in [0.2, 0.25) is 5.02 Å². The minimum Gasteiger partial charge on any atom is -0.489 e. The normalized spacial score (nSPS) is 14.8. The third-order valence-corrected chi connectivity index (χ3v) is 5.91. The molecule has 8 nitrogen and oxygen atoms in total. The number of benzene rings is 3. The van der Waals surface area contributed by atoms with Crippen molar-refractivity contribution in [2.75, 3.05) is 10.6 Å². The summed E-state index contributed by atoms with van der Waals surface area (Å²) in [6.07, 6.45) is 0. The number of nitrogens with one attached hydrogen (secondary N) is 2. The maximum atomic E-state index is 13.3. The van der Waals surface area contributed by atoms with Crippen LogP contribution in [0.1, 0.15) is 24.1 Å². The average molecular weight is 473 g/mol. The lowest BCUT2D eigenvalue weighted by Crippen LogP contribution is -2.31. The smallest absolute Gasteiger partial charge is 0.255 e. The number of amides is 1. The van der Waals surface area contributed by atoms with E-state index in [-0.39, 0.29) is 5.91 Å². The van der Waals surface area contributed by atoms with Gasteiger partial charge in [-0.25, -0.2) is 0 Å². The van der Waals surface area contributed by atoms with Crippen LogP contribution in [0.4, 0.5) is 11.6 Å². The molecule has 170 valence electrons. The van der Waals surface area contributed by atoms with Gasteiger partial charge in [-0.15, -0.1) is 0 Å². The van der Waals surface area contributed by atoms with Crippen LogP contribution < -0.4 is 15.4 Å². The predicted molar refractivity (Wildman–Crippen MR) is 130 cm³/mol. The number of hydrogen-bond donors (Lipinski definition) is 2. The highest BCUT2D eigenvalue weighted by Crippen LogP contribution is 2.35. The summed E-state index contributed by atoms with van der Waals surface area (Å²) in [7, 11) is 0. The van der Waals surface area contributed by atoms with Crippen molar-refractivity contribution < 1.29 is 9.53 Å². The van der Waals surface area contributed by atoms with Crippen LogP contribution >= 0.6 is 11.6 Å². The van der Waals surface area contributed by atoms with Crippen molar-refractivity contribution >= 4 is 29.1 Å². The molecule has 0 bridgehead atoms. The largest absolute Gasteiger partial charge is 0.489 e. The number of fused-ring (bicyclic) bond motifs is 1. The number of tetrazole rings is 1. The van der Waals surface area contributed by atoms with E-state index in [2.05, 4.69) is 26.2 Å². The molecule has 0 fully saturated rings. The Labute approximate surface area is 201 Å². The molecule has 0 unspecified atom stereocenters. The fraction of sp³-hybridized carbons (Fsp3) is 0.120. The fourth-order valence-corrected chi connectivity index (χ4v) is 4.05. The van der Waals surface area contributed by atoms with Crippen LogP contribution in [-0.2, 0) is 11.4 Å². The van der Waals surface area contributed by atoms with E-state index in [9.17, 15) is 4.79 Å². The molecule has 0 radical (unpaired) electrons. The molecule has 5 rings (SSSR count). The van der Waals surface area contributed by atoms with Gasteiger partial charge in [0, 0.05) is 22.0 Å². The van der Waals surface area contributed by atoms with E-state index in [4.69, 9.17) is 16.3 Å². The molecule has 1 aromatic heterocycles. The van der Waals surface area contributed by atoms with Crippen molar-refractivity contribution in [3.8, 4) is 5.75 Å². The van der Waals surface area contributed by atoms with Crippen LogP contribution in [0.15, 0.2) is 90.1 Å². The number of allylic oxidation sites excluding steroid dienone is 1. The Morgan fingerprint density at radius 3 is 2.56 bits per heavy atom. The molecule has 2 N–H and O–H groups in total. The minimum absolute atomic E-state index is 0.235. The molecule has 1 atom stereocenters. The predicted octanol–water partition coefficient (Wildman–Crippen LogP) is 4.83. The zero-order chi connectivity index (χ0) is 23.5. The third-order valence-electron chi connectivity index (χ3n) is 5.54. The zero-order valence-electron chi connectivity index (χ0n) is 18.3. The van der Waals surface area contributed by atoms with Gasteiger partial charge in [0.05, 0.1) is 5.57 Å². The summed E-state index contributed by atoms with van der Waals surface area (Å²) in [6, 6.07) is 23.9. The Morgan fingerprint density at radius 2 is 1.79 bits per heavy atom. The Morgan fingerprint density at radius 1 is 1.06 bits per heavy atom. The van der Waals surface area contributed by atoms with Crippen LogP contribution in [0.3, 0.4) is 0 Å². The van der Waals surface area contributed by atoms with E-state index in [1.165, 1.54) is 0 Å². The van der Waals surface area contributed by atoms with Gasteiger partial charge in [-0.1, -0.05) is 65.2 Å². The monoisotopic (exact) mass is 472 g/mol. The van der Waals surface area contributed by atoms with Gasteiger partial charge in [-0.3, -0.25) is 4.79 Å². The van der Waals surface area contributed by atoms with Gasteiger partial charge in [-0.2, -0.15) is 4.68 Å². The molecule has 0 aliphatic carbocycles. The van der Waals surface area contributed by atoms with Gasteiger partial charge in [-0.05, 0) is 53.2 Å². The molecule has 9 heteroatoms. The summed E-state index contributed by atoms with van der Waals surface area (Å²) in [5.41, 5.74) is 3.66. The Bertz CT molecular complexity index is 1350. The maximum Gasteiger partial charge on any atom is 0.255 e. The Kier molecular flexibility index (Phi) is 5.97. The summed E-state index contributed by atoms with van der Waals surface area (Å²) in [5.74, 6) is 0.921. The second-order valence-corrected chi connectivity index (χ2v) is 8.19. The van der Waals surface area contributed by atoms with Gasteiger partial charge in [0.1, 0.15) is 18.4 Å². The van der Waals surface area contributed by atoms with Gasteiger partial charge in [0.25, 0.3) is 5.91 Å². The highest BCUT2D eigenvalue weighted by Gasteiger charge is 2.34. The number of hydrogen-bond acceptors (Lipinski definition) is 6. The number of nitrogens with zero attached hydrogens (tertiary/aromatic N) is 4. The number of carbonyl (C=O) groups is 1. The first kappa shape index (κ1) is 21.7. The van der Waals surface area contributed by atoms with Gasteiger partial charge in [0.15, 0.2) is 0 Å². The molecule has 2 heterocycles. The number of anilines is 2. The van der Waals surface area contributed by atoms with Gasteiger partial charge in [0.2, 0.25) is 5.95 Å². The average Bonchev–Trinajstić information content (AvgIpc) is 3.32. The lowest BCUT2D eigenvalue weighted by atomic mass is 9.95. The zero-order valence-corrected chi connectivity index (χ0v) is 19.0. The molecule has 0 saturated carbocycles. The lowest BCUT2D eigenvalue weighted by molar-refractivity contribution is -0.113. The molecule has 0 spiro atoms. The molecular formula is C25H21ClN6O2. The number of rotatable bonds is 6. The van der Waals surface area contributed by atoms with Crippen molar-refractivity contribution in [3.05, 3.63) is 106 Å². The highest BCUT2D eigenvalue weighted by molar-refractivity contribution is 6.31. The molecule has 4 aromatic rings. The van der Waals surface area contributed by atoms with Crippen molar-refractivity contribution in [2.45, 2.75) is 19.6 Å². The van der Waals surface area contributed by atoms with E-state index in [0.29, 0.717) is 40.3 Å². The van der Waals surface area contributed by atoms with Gasteiger partial charge < -0.3 is 15.4 Å². The van der Waals surface area contributed by atoms with Crippen LogP contribution in [0.25, 0.3) is 0 Å². The summed E-state index contributed by atoms with van der Waals surface area (Å²) >= 11 is 6.22. The third kappa shape index (κ3) is 4.35. The maximum absolute atomic E-state index is 13.3. The summed E-state index contributed by atoms with van der Waals surface area (Å²) in [4.78, 5) is 13.3. The second kappa shape index (κ2) is 9.36. The van der Waals surface area contributed by atoms with E-state index < -0.39 is 6.04 Å². The molecular weight excluding hydrogens is 452 g/mol. The first-order valence-corrected chi connectivity index (χ1v) is 11.1. The molecule has 1 amide bonds. The molecule has 3 aromatic carbocycles. The van der Waals surface area contributed by atoms with Crippen LogP contribution in [0.5, 0.6) is 5.75 Å². The SMILES string of the molecule is CC1=C(C(=O)Nc2ccccc2)[C@H](c2ccc(OCc3ccccc3Cl)cc2)n2nnnc2N1. The molecule has 34 heavy (non-hydrogen) atoms. The quantitative estimate of drug-likeness (QED) is 0.417.